The molecule has 0 fully saturated rings. The summed E-state index contributed by atoms with van der Waals surface area (Å²) in [7, 11) is 0. The molecule has 0 spiro atoms. The highest BCUT2D eigenvalue weighted by molar-refractivity contribution is 14.1. The molecule has 0 unspecified atom stereocenters. The summed E-state index contributed by atoms with van der Waals surface area (Å²) < 4.78 is 0.873. The Morgan fingerprint density at radius 1 is 1.44 bits per heavy atom. The fraction of sp³-hybridized carbons (Fsp3) is 0.571. The molecule has 0 rings (SSSR count). The maximum atomic E-state index is 10.2. The van der Waals surface area contributed by atoms with Crippen molar-refractivity contribution in [3.05, 3.63) is 9.15 Å². The van der Waals surface area contributed by atoms with Crippen molar-refractivity contribution in [3.8, 4) is 0 Å². The Morgan fingerprint density at radius 2 is 1.89 bits per heavy atom. The first-order valence-corrected chi connectivity index (χ1v) is 4.16. The molecule has 0 bridgehead atoms. The van der Waals surface area contributed by atoms with Gasteiger partial charge in [-0.25, -0.2) is 0 Å². The van der Waals surface area contributed by atoms with E-state index in [0.717, 1.165) is 22.7 Å². The maximum absolute atomic E-state index is 10.2. The van der Waals surface area contributed by atoms with Crippen molar-refractivity contribution in [2.45, 2.75) is 26.7 Å². The fourth-order valence-electron chi connectivity index (χ4n) is 0.671. The molecular weight excluding hydrogens is 227 g/mol. The van der Waals surface area contributed by atoms with Gasteiger partial charge in [-0.3, -0.25) is 4.79 Å². The van der Waals surface area contributed by atoms with E-state index in [2.05, 4.69) is 36.4 Å². The predicted molar refractivity (Wildman–Crippen MR) is 47.7 cm³/mol. The number of allylic oxidation sites excluding steroid dienone is 2. The molecule has 1 nitrogen and oxygen atoms in total. The van der Waals surface area contributed by atoms with Gasteiger partial charge in [-0.05, 0) is 35.4 Å². The van der Waals surface area contributed by atoms with E-state index in [1.54, 1.807) is 0 Å². The molecule has 0 atom stereocenters. The quantitative estimate of drug-likeness (QED) is 0.419. The second-order valence-corrected chi connectivity index (χ2v) is 2.94. The van der Waals surface area contributed by atoms with Crippen LogP contribution in [0.2, 0.25) is 0 Å². The van der Waals surface area contributed by atoms with Crippen molar-refractivity contribution in [3.63, 3.8) is 0 Å². The highest BCUT2D eigenvalue weighted by Crippen LogP contribution is 2.15. The zero-order chi connectivity index (χ0) is 7.28. The smallest absolute Gasteiger partial charge is 0.156 e. The summed E-state index contributed by atoms with van der Waals surface area (Å²) in [4.78, 5) is 10.2. The van der Waals surface area contributed by atoms with E-state index in [-0.39, 0.29) is 0 Å². The van der Waals surface area contributed by atoms with Crippen LogP contribution in [-0.4, -0.2) is 6.29 Å². The van der Waals surface area contributed by atoms with Crippen molar-refractivity contribution >= 4 is 28.9 Å². The molecule has 52 valence electrons. The lowest BCUT2D eigenvalue weighted by Crippen LogP contribution is -1.83. The first-order chi connectivity index (χ1) is 4.26. The van der Waals surface area contributed by atoms with E-state index in [9.17, 15) is 4.79 Å². The summed E-state index contributed by atoms with van der Waals surface area (Å²) in [6.07, 6.45) is 2.91. The van der Waals surface area contributed by atoms with Crippen LogP contribution in [0.25, 0.3) is 0 Å². The molecular formula is C7H11IO. The highest BCUT2D eigenvalue weighted by Gasteiger charge is 1.95. The largest absolute Gasteiger partial charge is 0.297 e. The molecule has 0 saturated heterocycles. The molecule has 0 aromatic carbocycles. The van der Waals surface area contributed by atoms with Crippen LogP contribution in [0.1, 0.15) is 26.7 Å². The molecule has 0 aliphatic heterocycles. The van der Waals surface area contributed by atoms with Crippen LogP contribution in [0.15, 0.2) is 9.15 Å². The number of carbonyl (C=O) groups excluding carboxylic acids is 1. The van der Waals surface area contributed by atoms with Crippen LogP contribution < -0.4 is 0 Å². The minimum atomic E-state index is 0.873. The number of hydrogen-bond acceptors (Lipinski definition) is 1. The van der Waals surface area contributed by atoms with Crippen molar-refractivity contribution in [1.29, 1.82) is 0 Å². The Labute approximate surface area is 69.7 Å². The Morgan fingerprint density at radius 3 is 2.00 bits per heavy atom. The van der Waals surface area contributed by atoms with Gasteiger partial charge in [-0.15, -0.1) is 0 Å². The second-order valence-electron chi connectivity index (χ2n) is 1.78. The van der Waals surface area contributed by atoms with Gasteiger partial charge in [0, 0.05) is 0 Å². The number of rotatable bonds is 3. The molecule has 0 saturated carbocycles. The molecule has 0 N–H and O–H groups in total. The van der Waals surface area contributed by atoms with Crippen molar-refractivity contribution in [2.75, 3.05) is 0 Å². The second kappa shape index (κ2) is 4.97. The standard InChI is InChI=1S/C7H11IO/c1-3-6(4-2)7(8)5-9/h5H,3-4H2,1-2H3. The Bertz CT molecular complexity index is 121. The molecule has 0 radical (unpaired) electrons. The minimum absolute atomic E-state index is 0.873. The maximum Gasteiger partial charge on any atom is 0.156 e. The zero-order valence-electron chi connectivity index (χ0n) is 5.78. The van der Waals surface area contributed by atoms with Crippen LogP contribution in [-0.2, 0) is 4.79 Å². The predicted octanol–water partition coefficient (Wildman–Crippen LogP) is 2.69. The van der Waals surface area contributed by atoms with Crippen molar-refractivity contribution in [1.82, 2.24) is 0 Å². The topological polar surface area (TPSA) is 17.1 Å². The number of aldehydes is 1. The van der Waals surface area contributed by atoms with Gasteiger partial charge in [-0.1, -0.05) is 19.4 Å². The fourth-order valence-corrected chi connectivity index (χ4v) is 1.43. The van der Waals surface area contributed by atoms with E-state index in [4.69, 9.17) is 0 Å². The van der Waals surface area contributed by atoms with Gasteiger partial charge in [0.2, 0.25) is 0 Å². The van der Waals surface area contributed by atoms with E-state index >= 15 is 0 Å². The summed E-state index contributed by atoms with van der Waals surface area (Å²) in [5, 5.41) is 0. The average molecular weight is 238 g/mol. The third kappa shape index (κ3) is 2.98. The van der Waals surface area contributed by atoms with E-state index in [0.29, 0.717) is 0 Å². The molecule has 0 heterocycles. The normalized spacial score (nSPS) is 8.78. The molecule has 0 aromatic rings. The Hall–Kier alpha value is 0.140. The summed E-state index contributed by atoms with van der Waals surface area (Å²) in [6, 6.07) is 0. The Balaban J connectivity index is 4.17. The monoisotopic (exact) mass is 238 g/mol. The van der Waals surface area contributed by atoms with Crippen molar-refractivity contribution < 1.29 is 4.79 Å². The number of carbonyl (C=O) groups is 1. The summed E-state index contributed by atoms with van der Waals surface area (Å²) >= 11 is 2.08. The van der Waals surface area contributed by atoms with Crippen molar-refractivity contribution in [2.24, 2.45) is 0 Å². The zero-order valence-corrected chi connectivity index (χ0v) is 7.94. The lowest BCUT2D eigenvalue weighted by atomic mass is 10.1. The molecule has 2 heteroatoms. The van der Waals surface area contributed by atoms with Crippen LogP contribution in [0, 0.1) is 0 Å². The van der Waals surface area contributed by atoms with E-state index < -0.39 is 0 Å². The van der Waals surface area contributed by atoms with Gasteiger partial charge < -0.3 is 0 Å². The molecule has 0 aliphatic rings. The van der Waals surface area contributed by atoms with Gasteiger partial charge >= 0.3 is 0 Å². The summed E-state index contributed by atoms with van der Waals surface area (Å²) in [5.74, 6) is 0. The van der Waals surface area contributed by atoms with Crippen LogP contribution >= 0.6 is 22.6 Å². The number of halogens is 1. The highest BCUT2D eigenvalue weighted by atomic mass is 127. The van der Waals surface area contributed by atoms with Gasteiger partial charge in [-0.2, -0.15) is 0 Å². The van der Waals surface area contributed by atoms with Crippen LogP contribution in [0.3, 0.4) is 0 Å². The van der Waals surface area contributed by atoms with E-state index in [1.165, 1.54) is 5.57 Å². The summed E-state index contributed by atoms with van der Waals surface area (Å²) in [6.45, 7) is 4.14. The van der Waals surface area contributed by atoms with Crippen LogP contribution in [0.5, 0.6) is 0 Å². The lowest BCUT2D eigenvalue weighted by Gasteiger charge is -1.98. The average Bonchev–Trinajstić information content (AvgIpc) is 1.90. The summed E-state index contributed by atoms with van der Waals surface area (Å²) in [5.41, 5.74) is 1.26. The molecule has 0 aliphatic carbocycles. The SMILES string of the molecule is CCC(CC)=C(I)C=O. The first kappa shape index (κ1) is 9.14. The van der Waals surface area contributed by atoms with Gasteiger partial charge in [0.25, 0.3) is 0 Å². The third-order valence-corrected chi connectivity index (χ3v) is 2.31. The lowest BCUT2D eigenvalue weighted by molar-refractivity contribution is -0.104. The van der Waals surface area contributed by atoms with Crippen LogP contribution in [0.4, 0.5) is 0 Å². The molecule has 9 heavy (non-hydrogen) atoms. The van der Waals surface area contributed by atoms with Gasteiger partial charge in [0.1, 0.15) is 0 Å². The number of hydrogen-bond donors (Lipinski definition) is 0. The van der Waals surface area contributed by atoms with Gasteiger partial charge in [0.05, 0.1) is 3.58 Å². The molecule has 0 aromatic heterocycles. The van der Waals surface area contributed by atoms with E-state index in [1.807, 2.05) is 0 Å². The Kier molecular flexibility index (Phi) is 5.04. The first-order valence-electron chi connectivity index (χ1n) is 3.08. The van der Waals surface area contributed by atoms with Gasteiger partial charge in [0.15, 0.2) is 6.29 Å². The molecule has 0 amide bonds. The third-order valence-electron chi connectivity index (χ3n) is 1.29. The minimum Gasteiger partial charge on any atom is -0.297 e.